The molecule has 1 aromatic carbocycles. The summed E-state index contributed by atoms with van der Waals surface area (Å²) in [6.45, 7) is 0. The number of nitro groups is 1. The van der Waals surface area contributed by atoms with Crippen LogP contribution in [0.4, 0.5) is 11.4 Å². The molecule has 0 spiro atoms. The first-order valence-corrected chi connectivity index (χ1v) is 5.80. The molecule has 0 aliphatic carbocycles. The van der Waals surface area contributed by atoms with Gasteiger partial charge in [-0.25, -0.2) is 0 Å². The Morgan fingerprint density at radius 1 is 1.30 bits per heavy atom. The highest BCUT2D eigenvalue weighted by Crippen LogP contribution is 2.27. The summed E-state index contributed by atoms with van der Waals surface area (Å²) in [6.07, 6.45) is 0. The predicted molar refractivity (Wildman–Crippen MR) is 73.1 cm³/mol. The van der Waals surface area contributed by atoms with Crippen molar-refractivity contribution in [2.45, 2.75) is 0 Å². The van der Waals surface area contributed by atoms with Crippen LogP contribution in [0.2, 0.25) is 5.02 Å². The van der Waals surface area contributed by atoms with Crippen LogP contribution in [-0.4, -0.2) is 15.8 Å². The topological polar surface area (TPSA) is 105 Å². The lowest BCUT2D eigenvalue weighted by Crippen LogP contribution is -2.17. The normalized spacial score (nSPS) is 10.1. The SMILES string of the molecule is O=C(Nc1ccc([N+](=O)[O-])c(Cl)c1)c1cccc(=O)[nH]1. The van der Waals surface area contributed by atoms with Crippen LogP contribution in [-0.2, 0) is 0 Å². The molecular weight excluding hydrogens is 286 g/mol. The number of H-pyrrole nitrogens is 1. The lowest BCUT2D eigenvalue weighted by molar-refractivity contribution is -0.384. The maximum atomic E-state index is 11.8. The molecule has 0 atom stereocenters. The van der Waals surface area contributed by atoms with E-state index in [0.717, 1.165) is 0 Å². The number of nitrogens with zero attached hydrogens (tertiary/aromatic N) is 1. The Bertz CT molecular complexity index is 741. The minimum Gasteiger partial charge on any atom is -0.321 e. The van der Waals surface area contributed by atoms with Gasteiger partial charge < -0.3 is 10.3 Å². The highest BCUT2D eigenvalue weighted by atomic mass is 35.5. The average Bonchev–Trinajstić information content (AvgIpc) is 2.38. The van der Waals surface area contributed by atoms with Crippen molar-refractivity contribution in [3.05, 3.63) is 67.6 Å². The highest BCUT2D eigenvalue weighted by molar-refractivity contribution is 6.33. The van der Waals surface area contributed by atoms with Crippen molar-refractivity contribution in [1.29, 1.82) is 0 Å². The molecule has 7 nitrogen and oxygen atoms in total. The summed E-state index contributed by atoms with van der Waals surface area (Å²) in [7, 11) is 0. The molecule has 0 saturated heterocycles. The zero-order valence-corrected chi connectivity index (χ0v) is 10.7. The zero-order chi connectivity index (χ0) is 14.7. The van der Waals surface area contributed by atoms with Gasteiger partial charge in [0.15, 0.2) is 0 Å². The third kappa shape index (κ3) is 3.01. The average molecular weight is 294 g/mol. The number of aromatic amines is 1. The largest absolute Gasteiger partial charge is 0.321 e. The molecule has 2 rings (SSSR count). The predicted octanol–water partition coefficient (Wildman–Crippen LogP) is 2.19. The number of anilines is 1. The van der Waals surface area contributed by atoms with Gasteiger partial charge in [0.05, 0.1) is 4.92 Å². The minimum absolute atomic E-state index is 0.0759. The smallest absolute Gasteiger partial charge is 0.288 e. The van der Waals surface area contributed by atoms with Gasteiger partial charge in [0.25, 0.3) is 11.6 Å². The second kappa shape index (κ2) is 5.54. The van der Waals surface area contributed by atoms with Gasteiger partial charge >= 0.3 is 0 Å². The number of nitro benzene ring substituents is 1. The maximum absolute atomic E-state index is 11.8. The lowest BCUT2D eigenvalue weighted by Gasteiger charge is -2.05. The maximum Gasteiger partial charge on any atom is 0.288 e. The number of pyridine rings is 1. The van der Waals surface area contributed by atoms with E-state index in [1.54, 1.807) is 0 Å². The zero-order valence-electron chi connectivity index (χ0n) is 9.92. The number of carbonyl (C=O) groups is 1. The molecule has 0 aliphatic heterocycles. The molecule has 0 aliphatic rings. The van der Waals surface area contributed by atoms with E-state index in [9.17, 15) is 19.7 Å². The van der Waals surface area contributed by atoms with Crippen molar-refractivity contribution >= 4 is 28.9 Å². The Hall–Kier alpha value is -2.67. The van der Waals surface area contributed by atoms with Crippen LogP contribution < -0.4 is 10.9 Å². The monoisotopic (exact) mass is 293 g/mol. The van der Waals surface area contributed by atoms with Gasteiger partial charge in [0.2, 0.25) is 5.56 Å². The van der Waals surface area contributed by atoms with Gasteiger partial charge in [0.1, 0.15) is 10.7 Å². The number of hydrogen-bond acceptors (Lipinski definition) is 4. The number of rotatable bonds is 3. The second-order valence-corrected chi connectivity index (χ2v) is 4.21. The van der Waals surface area contributed by atoms with Crippen LogP contribution in [0.5, 0.6) is 0 Å². The van der Waals surface area contributed by atoms with Crippen LogP contribution in [0.1, 0.15) is 10.5 Å². The summed E-state index contributed by atoms with van der Waals surface area (Å²) in [5.41, 5.74) is -0.292. The van der Waals surface area contributed by atoms with Gasteiger partial charge in [-0.1, -0.05) is 17.7 Å². The van der Waals surface area contributed by atoms with E-state index in [1.807, 2.05) is 0 Å². The Morgan fingerprint density at radius 2 is 2.05 bits per heavy atom. The molecule has 0 unspecified atom stereocenters. The standard InChI is InChI=1S/C12H8ClN3O4/c13-8-6-7(4-5-10(8)16(19)20)14-12(18)9-2-1-3-11(17)15-9/h1-6H,(H,14,18)(H,15,17). The molecule has 0 saturated carbocycles. The number of nitrogens with one attached hydrogen (secondary N) is 2. The molecular formula is C12H8ClN3O4. The van der Waals surface area contributed by atoms with E-state index in [0.29, 0.717) is 0 Å². The van der Waals surface area contributed by atoms with E-state index in [1.165, 1.54) is 36.4 Å². The third-order valence-electron chi connectivity index (χ3n) is 2.42. The fourth-order valence-electron chi connectivity index (χ4n) is 1.51. The molecule has 1 heterocycles. The van der Waals surface area contributed by atoms with Crippen LogP contribution in [0.15, 0.2) is 41.2 Å². The molecule has 2 N–H and O–H groups in total. The van der Waals surface area contributed by atoms with Crippen LogP contribution >= 0.6 is 11.6 Å². The highest BCUT2D eigenvalue weighted by Gasteiger charge is 2.13. The van der Waals surface area contributed by atoms with Crippen LogP contribution in [0.25, 0.3) is 0 Å². The summed E-state index contributed by atoms with van der Waals surface area (Å²) in [6, 6.07) is 7.95. The minimum atomic E-state index is -0.622. The molecule has 0 fully saturated rings. The molecule has 0 bridgehead atoms. The summed E-state index contributed by atoms with van der Waals surface area (Å²) in [4.78, 5) is 35.3. The van der Waals surface area contributed by atoms with Gasteiger partial charge in [-0.15, -0.1) is 0 Å². The van der Waals surface area contributed by atoms with E-state index >= 15 is 0 Å². The van der Waals surface area contributed by atoms with Crippen molar-refractivity contribution in [2.75, 3.05) is 5.32 Å². The third-order valence-corrected chi connectivity index (χ3v) is 2.72. The van der Waals surface area contributed by atoms with E-state index in [2.05, 4.69) is 10.3 Å². The fourth-order valence-corrected chi connectivity index (χ4v) is 1.76. The Kier molecular flexibility index (Phi) is 3.81. The summed E-state index contributed by atoms with van der Waals surface area (Å²) in [5, 5.41) is 13.0. The number of hydrogen-bond donors (Lipinski definition) is 2. The van der Waals surface area contributed by atoms with Gasteiger partial charge in [0, 0.05) is 17.8 Å². The van der Waals surface area contributed by atoms with Crippen LogP contribution in [0, 0.1) is 10.1 Å². The van der Waals surface area contributed by atoms with E-state index < -0.39 is 16.4 Å². The second-order valence-electron chi connectivity index (χ2n) is 3.81. The first-order valence-electron chi connectivity index (χ1n) is 5.42. The summed E-state index contributed by atoms with van der Waals surface area (Å²) >= 11 is 5.73. The van der Waals surface area contributed by atoms with Crippen LogP contribution in [0.3, 0.4) is 0 Å². The van der Waals surface area contributed by atoms with E-state index in [4.69, 9.17) is 11.6 Å². The number of amides is 1. The molecule has 2 aromatic rings. The molecule has 20 heavy (non-hydrogen) atoms. The Morgan fingerprint density at radius 3 is 2.65 bits per heavy atom. The molecule has 8 heteroatoms. The molecule has 102 valence electrons. The summed E-state index contributed by atoms with van der Waals surface area (Å²) < 4.78 is 0. The first kappa shape index (κ1) is 13.8. The molecule has 1 aromatic heterocycles. The quantitative estimate of drug-likeness (QED) is 0.668. The van der Waals surface area contributed by atoms with Crippen molar-refractivity contribution in [3.8, 4) is 0 Å². The van der Waals surface area contributed by atoms with Gasteiger partial charge in [-0.3, -0.25) is 19.7 Å². The molecule has 0 radical (unpaired) electrons. The van der Waals surface area contributed by atoms with Gasteiger partial charge in [-0.05, 0) is 18.2 Å². The summed E-state index contributed by atoms with van der Waals surface area (Å²) in [5.74, 6) is -0.549. The Labute approximate surface area is 117 Å². The lowest BCUT2D eigenvalue weighted by atomic mass is 10.2. The fraction of sp³-hybridized carbons (Fsp3) is 0. The van der Waals surface area contributed by atoms with Crippen molar-refractivity contribution in [3.63, 3.8) is 0 Å². The number of aromatic nitrogens is 1. The van der Waals surface area contributed by atoms with Crippen molar-refractivity contribution < 1.29 is 9.72 Å². The van der Waals surface area contributed by atoms with Crippen molar-refractivity contribution in [2.24, 2.45) is 0 Å². The number of halogens is 1. The van der Waals surface area contributed by atoms with E-state index in [-0.39, 0.29) is 22.1 Å². The molecule has 1 amide bonds. The van der Waals surface area contributed by atoms with Gasteiger partial charge in [-0.2, -0.15) is 0 Å². The first-order chi connectivity index (χ1) is 9.47. The number of carbonyl (C=O) groups excluding carboxylic acids is 1. The number of benzene rings is 1. The van der Waals surface area contributed by atoms with Crippen molar-refractivity contribution in [1.82, 2.24) is 4.98 Å². The Balaban J connectivity index is 2.22.